The van der Waals surface area contributed by atoms with Crippen molar-refractivity contribution < 1.29 is 9.31 Å². The highest BCUT2D eigenvalue weighted by Crippen LogP contribution is 2.24. The molecule has 0 radical (unpaired) electrons. The number of hydrogen-bond donors (Lipinski definition) is 1. The Morgan fingerprint density at radius 1 is 1.43 bits per heavy atom. The van der Waals surface area contributed by atoms with Crippen LogP contribution in [0.5, 0.6) is 0 Å². The molecule has 0 spiro atoms. The molecule has 0 unspecified atom stereocenters. The first-order chi connectivity index (χ1) is 10.1. The minimum absolute atomic E-state index is 0.207. The number of rotatable bonds is 6. The van der Waals surface area contributed by atoms with Gasteiger partial charge in [0.25, 0.3) is 5.69 Å². The van der Waals surface area contributed by atoms with Crippen LogP contribution in [-0.2, 0) is 0 Å². The molecule has 0 aromatic heterocycles. The Morgan fingerprint density at radius 2 is 2.14 bits per heavy atom. The third-order valence-corrected chi connectivity index (χ3v) is 4.00. The summed E-state index contributed by atoms with van der Waals surface area (Å²) in [4.78, 5) is 12.7. The molecular weight excluding hydrogens is 273 g/mol. The number of benzene rings is 1. The van der Waals surface area contributed by atoms with Gasteiger partial charge in [-0.25, -0.2) is 4.39 Å². The lowest BCUT2D eigenvalue weighted by molar-refractivity contribution is -0.384. The standard InChI is InChI=1S/C15H22FN3O2/c1-12-5-9-18(10-6-12)8-2-7-17-14-4-3-13(16)11-15(14)19(20)21/h3-4,11-12,17H,2,5-10H2,1H3. The first-order valence-corrected chi connectivity index (χ1v) is 7.46. The monoisotopic (exact) mass is 295 g/mol. The fraction of sp³-hybridized carbons (Fsp3) is 0.600. The molecule has 1 saturated heterocycles. The molecule has 21 heavy (non-hydrogen) atoms. The number of nitro benzene ring substituents is 1. The highest BCUT2D eigenvalue weighted by atomic mass is 19.1. The second-order valence-electron chi connectivity index (χ2n) is 5.72. The highest BCUT2D eigenvalue weighted by Gasteiger charge is 2.16. The third-order valence-electron chi connectivity index (χ3n) is 4.00. The summed E-state index contributed by atoms with van der Waals surface area (Å²) in [6, 6.07) is 3.62. The van der Waals surface area contributed by atoms with Crippen LogP contribution in [0.15, 0.2) is 18.2 Å². The molecule has 1 N–H and O–H groups in total. The van der Waals surface area contributed by atoms with Crippen molar-refractivity contribution >= 4 is 11.4 Å². The van der Waals surface area contributed by atoms with E-state index < -0.39 is 10.7 Å². The molecule has 2 rings (SSSR count). The number of likely N-dealkylation sites (tertiary alicyclic amines) is 1. The summed E-state index contributed by atoms with van der Waals surface area (Å²) in [7, 11) is 0. The zero-order chi connectivity index (χ0) is 15.2. The summed E-state index contributed by atoms with van der Waals surface area (Å²) in [6.07, 6.45) is 3.41. The highest BCUT2D eigenvalue weighted by molar-refractivity contribution is 5.61. The zero-order valence-electron chi connectivity index (χ0n) is 12.3. The first-order valence-electron chi connectivity index (χ1n) is 7.46. The van der Waals surface area contributed by atoms with E-state index in [2.05, 4.69) is 17.1 Å². The van der Waals surface area contributed by atoms with Gasteiger partial charge in [0.1, 0.15) is 11.5 Å². The Bertz CT molecular complexity index is 488. The molecule has 116 valence electrons. The van der Waals surface area contributed by atoms with E-state index in [0.717, 1.165) is 38.0 Å². The van der Waals surface area contributed by atoms with Crippen molar-refractivity contribution in [3.05, 3.63) is 34.1 Å². The van der Waals surface area contributed by atoms with Gasteiger partial charge < -0.3 is 10.2 Å². The van der Waals surface area contributed by atoms with Crippen LogP contribution in [0.4, 0.5) is 15.8 Å². The van der Waals surface area contributed by atoms with Crippen molar-refractivity contribution in [3.8, 4) is 0 Å². The summed E-state index contributed by atoms with van der Waals surface area (Å²) < 4.78 is 13.0. The number of halogens is 1. The fourth-order valence-electron chi connectivity index (χ4n) is 2.62. The molecule has 0 atom stereocenters. The molecule has 0 amide bonds. The Hall–Kier alpha value is -1.69. The lowest BCUT2D eigenvalue weighted by Gasteiger charge is -2.30. The molecular formula is C15H22FN3O2. The van der Waals surface area contributed by atoms with Gasteiger partial charge in [-0.15, -0.1) is 0 Å². The minimum Gasteiger partial charge on any atom is -0.379 e. The van der Waals surface area contributed by atoms with Gasteiger partial charge in [-0.1, -0.05) is 6.92 Å². The first kappa shape index (κ1) is 15.7. The number of piperidine rings is 1. The van der Waals surface area contributed by atoms with Crippen LogP contribution in [0.25, 0.3) is 0 Å². The third kappa shape index (κ3) is 4.67. The van der Waals surface area contributed by atoms with Crippen molar-refractivity contribution in [2.24, 2.45) is 5.92 Å². The van der Waals surface area contributed by atoms with Crippen molar-refractivity contribution in [2.75, 3.05) is 31.5 Å². The van der Waals surface area contributed by atoms with E-state index in [1.54, 1.807) is 0 Å². The van der Waals surface area contributed by atoms with E-state index in [-0.39, 0.29) is 5.69 Å². The lowest BCUT2D eigenvalue weighted by Crippen LogP contribution is -2.34. The summed E-state index contributed by atoms with van der Waals surface area (Å²) in [5.74, 6) is 0.232. The van der Waals surface area contributed by atoms with Crippen LogP contribution >= 0.6 is 0 Å². The number of anilines is 1. The Kier molecular flexibility index (Phi) is 5.50. The van der Waals surface area contributed by atoms with Crippen LogP contribution in [0.1, 0.15) is 26.2 Å². The summed E-state index contributed by atoms with van der Waals surface area (Å²) in [5.41, 5.74) is 0.176. The molecule has 0 bridgehead atoms. The van der Waals surface area contributed by atoms with E-state index >= 15 is 0 Å². The van der Waals surface area contributed by atoms with Crippen molar-refractivity contribution in [1.82, 2.24) is 4.90 Å². The molecule has 1 aliphatic rings. The van der Waals surface area contributed by atoms with Crippen molar-refractivity contribution in [2.45, 2.75) is 26.2 Å². The van der Waals surface area contributed by atoms with Crippen molar-refractivity contribution in [3.63, 3.8) is 0 Å². The van der Waals surface area contributed by atoms with Crippen LogP contribution in [0, 0.1) is 21.8 Å². The van der Waals surface area contributed by atoms with E-state index in [4.69, 9.17) is 0 Å². The van der Waals surface area contributed by atoms with Gasteiger partial charge in [0.15, 0.2) is 0 Å². The normalized spacial score (nSPS) is 16.9. The van der Waals surface area contributed by atoms with Crippen molar-refractivity contribution in [1.29, 1.82) is 0 Å². The average molecular weight is 295 g/mol. The second-order valence-corrected chi connectivity index (χ2v) is 5.72. The molecule has 6 heteroatoms. The smallest absolute Gasteiger partial charge is 0.295 e. The van der Waals surface area contributed by atoms with Crippen LogP contribution in [0.3, 0.4) is 0 Å². The second kappa shape index (κ2) is 7.36. The van der Waals surface area contributed by atoms with Crippen LogP contribution < -0.4 is 5.32 Å². The Labute approximate surface area is 124 Å². The SMILES string of the molecule is CC1CCN(CCCNc2ccc(F)cc2[N+](=O)[O-])CC1. The van der Waals surface area contributed by atoms with E-state index in [1.807, 2.05) is 0 Å². The van der Waals surface area contributed by atoms with E-state index in [1.165, 1.54) is 25.0 Å². The van der Waals surface area contributed by atoms with E-state index in [9.17, 15) is 14.5 Å². The molecule has 1 fully saturated rings. The molecule has 1 heterocycles. The van der Waals surface area contributed by atoms with Gasteiger partial charge in [-0.3, -0.25) is 10.1 Å². The maximum Gasteiger partial charge on any atom is 0.295 e. The lowest BCUT2D eigenvalue weighted by atomic mass is 9.99. The number of nitro groups is 1. The number of hydrogen-bond acceptors (Lipinski definition) is 4. The zero-order valence-corrected chi connectivity index (χ0v) is 12.3. The fourth-order valence-corrected chi connectivity index (χ4v) is 2.62. The maximum atomic E-state index is 13.0. The molecule has 1 aromatic carbocycles. The van der Waals surface area contributed by atoms with Gasteiger partial charge in [0.05, 0.1) is 11.0 Å². The van der Waals surface area contributed by atoms with Gasteiger partial charge in [0, 0.05) is 6.54 Å². The summed E-state index contributed by atoms with van der Waals surface area (Å²) in [5, 5.41) is 13.9. The topological polar surface area (TPSA) is 58.4 Å². The number of nitrogens with one attached hydrogen (secondary N) is 1. The molecule has 1 aliphatic heterocycles. The predicted octanol–water partition coefficient (Wildman–Crippen LogP) is 3.27. The average Bonchev–Trinajstić information content (AvgIpc) is 2.46. The minimum atomic E-state index is -0.588. The van der Waals surface area contributed by atoms with Crippen LogP contribution in [-0.4, -0.2) is 36.0 Å². The quantitative estimate of drug-likeness (QED) is 0.497. The van der Waals surface area contributed by atoms with Crippen LogP contribution in [0.2, 0.25) is 0 Å². The van der Waals surface area contributed by atoms with E-state index in [0.29, 0.717) is 12.2 Å². The van der Waals surface area contributed by atoms with Gasteiger partial charge in [-0.2, -0.15) is 0 Å². The largest absolute Gasteiger partial charge is 0.379 e. The summed E-state index contributed by atoms with van der Waals surface area (Å²) in [6.45, 7) is 6.20. The maximum absolute atomic E-state index is 13.0. The van der Waals surface area contributed by atoms with Gasteiger partial charge in [-0.05, 0) is 56.9 Å². The Balaban J connectivity index is 1.77. The molecule has 0 saturated carbocycles. The molecule has 5 nitrogen and oxygen atoms in total. The van der Waals surface area contributed by atoms with Gasteiger partial charge >= 0.3 is 0 Å². The Morgan fingerprint density at radius 3 is 2.81 bits per heavy atom. The predicted molar refractivity (Wildman–Crippen MR) is 81.0 cm³/mol. The number of nitrogens with zero attached hydrogens (tertiary/aromatic N) is 2. The summed E-state index contributed by atoms with van der Waals surface area (Å²) >= 11 is 0. The molecule has 1 aromatic rings. The molecule has 0 aliphatic carbocycles. The van der Waals surface area contributed by atoms with Gasteiger partial charge in [0.2, 0.25) is 0 Å².